The number of carbonyl (C=O) groups excluding carboxylic acids is 1. The second-order valence-electron chi connectivity index (χ2n) is 6.98. The van der Waals surface area contributed by atoms with Crippen molar-refractivity contribution in [3.63, 3.8) is 0 Å². The van der Waals surface area contributed by atoms with E-state index in [1.165, 1.54) is 5.56 Å². The van der Waals surface area contributed by atoms with Crippen LogP contribution in [0.5, 0.6) is 5.75 Å². The minimum absolute atomic E-state index is 0.169. The zero-order chi connectivity index (χ0) is 18.8. The average Bonchev–Trinajstić information content (AvgIpc) is 2.65. The Morgan fingerprint density at radius 1 is 1.38 bits per heavy atom. The van der Waals surface area contributed by atoms with Gasteiger partial charge in [-0.05, 0) is 37.0 Å². The normalized spacial score (nSPS) is 15.4. The molecular weight excluding hydrogens is 328 g/mol. The molecule has 6 nitrogen and oxygen atoms in total. The number of likely N-dealkylation sites (N-methyl/N-ethyl adjacent to an activating group) is 1. The van der Waals surface area contributed by atoms with Gasteiger partial charge in [0.25, 0.3) is 0 Å². The van der Waals surface area contributed by atoms with Crippen molar-refractivity contribution in [3.05, 3.63) is 29.8 Å². The molecule has 1 aromatic rings. The lowest BCUT2D eigenvalue weighted by molar-refractivity contribution is -0.130. The number of carbonyl (C=O) groups is 1. The van der Waals surface area contributed by atoms with Crippen LogP contribution >= 0.6 is 0 Å². The van der Waals surface area contributed by atoms with E-state index in [0.717, 1.165) is 44.6 Å². The van der Waals surface area contributed by atoms with E-state index in [0.29, 0.717) is 25.6 Å². The molecule has 1 aromatic carbocycles. The van der Waals surface area contributed by atoms with Crippen LogP contribution in [0.25, 0.3) is 0 Å². The number of nitriles is 1. The van der Waals surface area contributed by atoms with Crippen molar-refractivity contribution in [1.82, 2.24) is 15.1 Å². The number of likely N-dealkylation sites (tertiary alicyclic amines) is 1. The highest BCUT2D eigenvalue weighted by Crippen LogP contribution is 2.15. The molecule has 0 unspecified atom stereocenters. The van der Waals surface area contributed by atoms with Crippen molar-refractivity contribution in [2.45, 2.75) is 38.3 Å². The molecule has 1 heterocycles. The number of piperidine rings is 1. The van der Waals surface area contributed by atoms with E-state index in [9.17, 15) is 4.79 Å². The molecule has 0 saturated carbocycles. The van der Waals surface area contributed by atoms with Crippen LogP contribution in [-0.4, -0.2) is 62.1 Å². The van der Waals surface area contributed by atoms with Crippen molar-refractivity contribution >= 4 is 5.91 Å². The first-order chi connectivity index (χ1) is 12.6. The number of amides is 1. The van der Waals surface area contributed by atoms with Gasteiger partial charge in [-0.3, -0.25) is 9.69 Å². The lowest BCUT2D eigenvalue weighted by Crippen LogP contribution is -2.45. The fraction of sp³-hybridized carbons (Fsp3) is 0.600. The summed E-state index contributed by atoms with van der Waals surface area (Å²) < 4.78 is 5.69. The van der Waals surface area contributed by atoms with Crippen LogP contribution in [0.3, 0.4) is 0 Å². The average molecular weight is 358 g/mol. The second kappa shape index (κ2) is 10.8. The summed E-state index contributed by atoms with van der Waals surface area (Å²) in [7, 11) is 3.61. The maximum absolute atomic E-state index is 11.8. The van der Waals surface area contributed by atoms with Gasteiger partial charge in [0.05, 0.1) is 19.2 Å². The van der Waals surface area contributed by atoms with Crippen LogP contribution in [0.15, 0.2) is 24.3 Å². The summed E-state index contributed by atoms with van der Waals surface area (Å²) in [4.78, 5) is 15.7. The maximum Gasteiger partial charge on any atom is 0.236 e. The third-order valence-corrected chi connectivity index (χ3v) is 4.64. The number of hydrogen-bond acceptors (Lipinski definition) is 5. The first-order valence-corrected chi connectivity index (χ1v) is 9.33. The molecule has 1 saturated heterocycles. The quantitative estimate of drug-likeness (QED) is 0.684. The zero-order valence-electron chi connectivity index (χ0n) is 15.9. The largest absolute Gasteiger partial charge is 0.494 e. The van der Waals surface area contributed by atoms with Gasteiger partial charge in [-0.1, -0.05) is 12.1 Å². The van der Waals surface area contributed by atoms with Gasteiger partial charge >= 0.3 is 0 Å². The van der Waals surface area contributed by atoms with Crippen molar-refractivity contribution in [1.29, 1.82) is 5.26 Å². The molecule has 0 radical (unpaired) electrons. The lowest BCUT2D eigenvalue weighted by Gasteiger charge is -2.32. The third-order valence-electron chi connectivity index (χ3n) is 4.64. The van der Waals surface area contributed by atoms with E-state index < -0.39 is 0 Å². The second-order valence-corrected chi connectivity index (χ2v) is 6.98. The number of rotatable bonds is 9. The summed E-state index contributed by atoms with van der Waals surface area (Å²) in [6.07, 6.45) is 3.41. The predicted molar refractivity (Wildman–Crippen MR) is 102 cm³/mol. The molecule has 142 valence electrons. The van der Waals surface area contributed by atoms with Crippen molar-refractivity contribution in [3.8, 4) is 11.8 Å². The molecule has 1 aliphatic heterocycles. The van der Waals surface area contributed by atoms with E-state index >= 15 is 0 Å². The van der Waals surface area contributed by atoms with E-state index in [4.69, 9.17) is 10.00 Å². The molecule has 0 aromatic heterocycles. The molecule has 0 spiro atoms. The number of benzene rings is 1. The monoisotopic (exact) mass is 358 g/mol. The Labute approximate surface area is 156 Å². The fourth-order valence-corrected chi connectivity index (χ4v) is 2.98. The first kappa shape index (κ1) is 20.2. The summed E-state index contributed by atoms with van der Waals surface area (Å²) >= 11 is 0. The summed E-state index contributed by atoms with van der Waals surface area (Å²) in [6.45, 7) is 3.83. The summed E-state index contributed by atoms with van der Waals surface area (Å²) in [5.41, 5.74) is 1.20. The molecule has 0 bridgehead atoms. The van der Waals surface area contributed by atoms with Gasteiger partial charge in [-0.15, -0.1) is 0 Å². The third kappa shape index (κ3) is 7.03. The van der Waals surface area contributed by atoms with Gasteiger partial charge in [0, 0.05) is 46.2 Å². The van der Waals surface area contributed by atoms with Crippen molar-refractivity contribution < 1.29 is 9.53 Å². The minimum atomic E-state index is 0.169. The van der Waals surface area contributed by atoms with Crippen LogP contribution < -0.4 is 10.1 Å². The first-order valence-electron chi connectivity index (χ1n) is 9.33. The van der Waals surface area contributed by atoms with E-state index in [1.54, 1.807) is 19.0 Å². The zero-order valence-corrected chi connectivity index (χ0v) is 15.9. The molecule has 0 atom stereocenters. The number of ether oxygens (including phenoxy) is 1. The Hall–Kier alpha value is -2.10. The highest BCUT2D eigenvalue weighted by atomic mass is 16.5. The standard InChI is InChI=1S/C20H30N4O2/c1-23(2)20(25)16-24-11-8-18(9-12-24)22-15-17-6-5-7-19(14-17)26-13-4-3-10-21/h5-7,14,18,22H,3-4,8-9,11-13,15-16H2,1-2H3. The Morgan fingerprint density at radius 2 is 2.15 bits per heavy atom. The van der Waals surface area contributed by atoms with Gasteiger partial charge in [-0.2, -0.15) is 5.26 Å². The predicted octanol–water partition coefficient (Wildman–Crippen LogP) is 2.01. The van der Waals surface area contributed by atoms with Gasteiger partial charge in [0.15, 0.2) is 0 Å². The molecule has 2 rings (SSSR count). The number of hydrogen-bond donors (Lipinski definition) is 1. The van der Waals surface area contributed by atoms with E-state index in [2.05, 4.69) is 28.4 Å². The summed E-state index contributed by atoms with van der Waals surface area (Å²) in [5, 5.41) is 12.2. The Balaban J connectivity index is 1.69. The molecule has 1 aliphatic rings. The van der Waals surface area contributed by atoms with Crippen LogP contribution in [0, 0.1) is 11.3 Å². The van der Waals surface area contributed by atoms with Crippen LogP contribution in [0.2, 0.25) is 0 Å². The van der Waals surface area contributed by atoms with Crippen molar-refractivity contribution in [2.75, 3.05) is 40.3 Å². The van der Waals surface area contributed by atoms with Gasteiger partial charge in [0.2, 0.25) is 5.91 Å². The SMILES string of the molecule is CN(C)C(=O)CN1CCC(NCc2cccc(OCCCC#N)c2)CC1. The number of nitrogens with zero attached hydrogens (tertiary/aromatic N) is 3. The summed E-state index contributed by atoms with van der Waals surface area (Å²) in [6, 6.07) is 10.7. The van der Waals surface area contributed by atoms with Crippen LogP contribution in [0.4, 0.5) is 0 Å². The van der Waals surface area contributed by atoms with Crippen LogP contribution in [0.1, 0.15) is 31.2 Å². The van der Waals surface area contributed by atoms with E-state index in [-0.39, 0.29) is 5.91 Å². The number of nitrogens with one attached hydrogen (secondary N) is 1. The Morgan fingerprint density at radius 3 is 2.85 bits per heavy atom. The Kier molecular flexibility index (Phi) is 8.39. The highest BCUT2D eigenvalue weighted by molar-refractivity contribution is 5.77. The molecular formula is C20H30N4O2. The fourth-order valence-electron chi connectivity index (χ4n) is 2.98. The molecule has 0 aliphatic carbocycles. The van der Waals surface area contributed by atoms with Gasteiger partial charge < -0.3 is 15.0 Å². The van der Waals surface area contributed by atoms with Gasteiger partial charge in [0.1, 0.15) is 5.75 Å². The topological polar surface area (TPSA) is 68.6 Å². The lowest BCUT2D eigenvalue weighted by atomic mass is 10.0. The van der Waals surface area contributed by atoms with E-state index in [1.807, 2.05) is 12.1 Å². The van der Waals surface area contributed by atoms with Crippen LogP contribution in [-0.2, 0) is 11.3 Å². The highest BCUT2D eigenvalue weighted by Gasteiger charge is 2.20. The number of unbranched alkanes of at least 4 members (excludes halogenated alkanes) is 1. The molecule has 6 heteroatoms. The Bertz CT molecular complexity index is 604. The van der Waals surface area contributed by atoms with Crippen molar-refractivity contribution in [2.24, 2.45) is 0 Å². The summed E-state index contributed by atoms with van der Waals surface area (Å²) in [5.74, 6) is 1.03. The molecule has 26 heavy (non-hydrogen) atoms. The molecule has 1 amide bonds. The maximum atomic E-state index is 11.8. The molecule has 1 fully saturated rings. The smallest absolute Gasteiger partial charge is 0.236 e. The molecule has 1 N–H and O–H groups in total. The minimum Gasteiger partial charge on any atom is -0.494 e. The van der Waals surface area contributed by atoms with Gasteiger partial charge in [-0.25, -0.2) is 0 Å².